The molecule has 168 valence electrons. The molecule has 0 aromatic heterocycles. The Bertz CT molecular complexity index is 790. The third-order valence-corrected chi connectivity index (χ3v) is 5.34. The number of halogens is 1. The topological polar surface area (TPSA) is 50.7 Å². The number of benzene rings is 2. The fraction of sp³-hybridized carbons (Fsp3) is 0.462. The smallest absolute Gasteiger partial charge is 0.240 e. The number of nitrogens with zero attached hydrogens (tertiary/aromatic N) is 1. The van der Waals surface area contributed by atoms with E-state index >= 15 is 0 Å². The molecule has 0 saturated heterocycles. The van der Waals surface area contributed by atoms with Gasteiger partial charge in [0.15, 0.2) is 0 Å². The monoisotopic (exact) mass is 442 g/mol. The van der Waals surface area contributed by atoms with Crippen LogP contribution in [-0.2, 0) is 11.4 Å². The van der Waals surface area contributed by atoms with E-state index in [0.29, 0.717) is 18.1 Å². The highest BCUT2D eigenvalue weighted by molar-refractivity contribution is 6.30. The summed E-state index contributed by atoms with van der Waals surface area (Å²) < 4.78 is 5.82. The summed E-state index contributed by atoms with van der Waals surface area (Å²) >= 11 is 5.90. The first-order chi connectivity index (χ1) is 15.2. The predicted octanol–water partition coefficient (Wildman–Crippen LogP) is 7.29. The number of hydrogen-bond donors (Lipinski definition) is 1. The van der Waals surface area contributed by atoms with E-state index in [4.69, 9.17) is 16.3 Å². The lowest BCUT2D eigenvalue weighted by Crippen LogP contribution is -2.16. The molecular weight excluding hydrogens is 408 g/mol. The van der Waals surface area contributed by atoms with Crippen LogP contribution >= 0.6 is 11.6 Å². The quantitative estimate of drug-likeness (QED) is 0.179. The van der Waals surface area contributed by atoms with Gasteiger partial charge in [0, 0.05) is 11.4 Å². The van der Waals surface area contributed by atoms with E-state index in [9.17, 15) is 4.79 Å². The van der Waals surface area contributed by atoms with Gasteiger partial charge in [-0.3, -0.25) is 4.79 Å². The van der Waals surface area contributed by atoms with Gasteiger partial charge in [0.1, 0.15) is 12.4 Å². The van der Waals surface area contributed by atoms with Crippen LogP contribution in [0.3, 0.4) is 0 Å². The molecule has 0 bridgehead atoms. The second kappa shape index (κ2) is 15.5. The molecule has 5 heteroatoms. The molecule has 0 fully saturated rings. The Kier molecular flexibility index (Phi) is 12.4. The SMILES string of the molecule is CCCCCCCCCCCC(=O)N/N=C/c1cccc(OCc2ccc(Cl)cc2)c1. The first kappa shape index (κ1) is 24.9. The lowest BCUT2D eigenvalue weighted by molar-refractivity contribution is -0.121. The summed E-state index contributed by atoms with van der Waals surface area (Å²) in [7, 11) is 0. The predicted molar refractivity (Wildman–Crippen MR) is 130 cm³/mol. The molecule has 0 aliphatic heterocycles. The first-order valence-corrected chi connectivity index (χ1v) is 11.8. The van der Waals surface area contributed by atoms with Gasteiger partial charge in [-0.2, -0.15) is 5.10 Å². The molecule has 0 radical (unpaired) electrons. The normalized spacial score (nSPS) is 11.0. The van der Waals surface area contributed by atoms with Crippen molar-refractivity contribution in [3.63, 3.8) is 0 Å². The molecule has 0 unspecified atom stereocenters. The van der Waals surface area contributed by atoms with Crippen LogP contribution in [0.2, 0.25) is 5.02 Å². The fourth-order valence-electron chi connectivity index (χ4n) is 3.26. The van der Waals surface area contributed by atoms with Crippen molar-refractivity contribution in [2.75, 3.05) is 0 Å². The Morgan fingerprint density at radius 2 is 1.65 bits per heavy atom. The number of unbranched alkanes of at least 4 members (excludes halogenated alkanes) is 8. The Hall–Kier alpha value is -2.33. The molecule has 0 heterocycles. The van der Waals surface area contributed by atoms with E-state index < -0.39 is 0 Å². The molecule has 4 nitrogen and oxygen atoms in total. The van der Waals surface area contributed by atoms with Gasteiger partial charge < -0.3 is 4.74 Å². The summed E-state index contributed by atoms with van der Waals surface area (Å²) in [6.45, 7) is 2.71. The number of amides is 1. The van der Waals surface area contributed by atoms with Crippen LogP contribution in [0.25, 0.3) is 0 Å². The largest absolute Gasteiger partial charge is 0.489 e. The van der Waals surface area contributed by atoms with Gasteiger partial charge >= 0.3 is 0 Å². The van der Waals surface area contributed by atoms with Crippen LogP contribution in [0.4, 0.5) is 0 Å². The molecule has 0 saturated carbocycles. The summed E-state index contributed by atoms with van der Waals surface area (Å²) in [6.07, 6.45) is 13.3. The van der Waals surface area contributed by atoms with Crippen LogP contribution in [0.1, 0.15) is 82.3 Å². The standard InChI is InChI=1S/C26H35ClN2O2/c1-2-3-4-5-6-7-8-9-10-14-26(30)29-28-20-23-12-11-13-25(19-23)31-21-22-15-17-24(27)18-16-22/h11-13,15-20H,2-10,14,21H2,1H3,(H,29,30)/b28-20+. The van der Waals surface area contributed by atoms with Crippen LogP contribution in [0.15, 0.2) is 53.6 Å². The third-order valence-electron chi connectivity index (χ3n) is 5.09. The minimum absolute atomic E-state index is 0.0330. The number of hydrogen-bond acceptors (Lipinski definition) is 3. The lowest BCUT2D eigenvalue weighted by Gasteiger charge is -2.07. The van der Waals surface area contributed by atoms with Gasteiger partial charge in [-0.05, 0) is 41.8 Å². The van der Waals surface area contributed by atoms with Crippen molar-refractivity contribution in [2.45, 2.75) is 77.7 Å². The van der Waals surface area contributed by atoms with Gasteiger partial charge in [0.25, 0.3) is 0 Å². The van der Waals surface area contributed by atoms with Crippen LogP contribution in [0.5, 0.6) is 5.75 Å². The summed E-state index contributed by atoms with van der Waals surface area (Å²) in [4.78, 5) is 11.9. The van der Waals surface area contributed by atoms with Gasteiger partial charge in [0.2, 0.25) is 5.91 Å². The first-order valence-electron chi connectivity index (χ1n) is 11.5. The Labute approximate surface area is 192 Å². The number of hydrazone groups is 1. The maximum absolute atomic E-state index is 11.9. The zero-order chi connectivity index (χ0) is 22.2. The molecule has 0 atom stereocenters. The number of carbonyl (C=O) groups excluding carboxylic acids is 1. The van der Waals surface area contributed by atoms with Crippen LogP contribution in [0, 0.1) is 0 Å². The lowest BCUT2D eigenvalue weighted by atomic mass is 10.1. The number of nitrogens with one attached hydrogen (secondary N) is 1. The zero-order valence-electron chi connectivity index (χ0n) is 18.6. The van der Waals surface area contributed by atoms with Crippen molar-refractivity contribution in [1.29, 1.82) is 0 Å². The average molecular weight is 443 g/mol. The van der Waals surface area contributed by atoms with Crippen molar-refractivity contribution in [1.82, 2.24) is 5.43 Å². The molecule has 0 aliphatic rings. The highest BCUT2D eigenvalue weighted by Gasteiger charge is 2.01. The van der Waals surface area contributed by atoms with Crippen LogP contribution < -0.4 is 10.2 Å². The zero-order valence-corrected chi connectivity index (χ0v) is 19.4. The summed E-state index contributed by atoms with van der Waals surface area (Å²) in [6, 6.07) is 15.2. The molecule has 2 aromatic rings. The van der Waals surface area contributed by atoms with Crippen LogP contribution in [-0.4, -0.2) is 12.1 Å². The molecule has 0 aliphatic carbocycles. The minimum Gasteiger partial charge on any atom is -0.489 e. The summed E-state index contributed by atoms with van der Waals surface area (Å²) in [5.74, 6) is 0.717. The number of ether oxygens (including phenoxy) is 1. The molecule has 1 N–H and O–H groups in total. The molecule has 31 heavy (non-hydrogen) atoms. The highest BCUT2D eigenvalue weighted by Crippen LogP contribution is 2.16. The number of rotatable bonds is 15. The van der Waals surface area contributed by atoms with Crippen molar-refractivity contribution < 1.29 is 9.53 Å². The highest BCUT2D eigenvalue weighted by atomic mass is 35.5. The molecular formula is C26H35ClN2O2. The van der Waals surface area contributed by atoms with E-state index in [1.54, 1.807) is 6.21 Å². The van der Waals surface area contributed by atoms with Gasteiger partial charge in [-0.1, -0.05) is 94.2 Å². The minimum atomic E-state index is -0.0330. The van der Waals surface area contributed by atoms with Gasteiger partial charge in [0.05, 0.1) is 6.21 Å². The Morgan fingerprint density at radius 3 is 2.35 bits per heavy atom. The van der Waals surface area contributed by atoms with E-state index in [2.05, 4.69) is 17.5 Å². The third kappa shape index (κ3) is 11.6. The molecule has 0 spiro atoms. The molecule has 2 rings (SSSR count). The summed E-state index contributed by atoms with van der Waals surface area (Å²) in [5, 5.41) is 4.78. The number of carbonyl (C=O) groups is 1. The molecule has 1 amide bonds. The van der Waals surface area contributed by atoms with E-state index in [1.807, 2.05) is 48.5 Å². The summed E-state index contributed by atoms with van der Waals surface area (Å²) in [5.41, 5.74) is 4.54. The maximum atomic E-state index is 11.9. The van der Waals surface area contributed by atoms with Gasteiger partial charge in [-0.25, -0.2) is 5.43 Å². The Morgan fingerprint density at radius 1 is 0.968 bits per heavy atom. The second-order valence-corrected chi connectivity index (χ2v) is 8.30. The van der Waals surface area contributed by atoms with Gasteiger partial charge in [-0.15, -0.1) is 0 Å². The van der Waals surface area contributed by atoms with Crippen molar-refractivity contribution in [3.05, 3.63) is 64.7 Å². The van der Waals surface area contributed by atoms with Crippen molar-refractivity contribution in [3.8, 4) is 5.75 Å². The van der Waals surface area contributed by atoms with Crippen molar-refractivity contribution >= 4 is 23.7 Å². The van der Waals surface area contributed by atoms with E-state index in [0.717, 1.165) is 29.7 Å². The van der Waals surface area contributed by atoms with E-state index in [-0.39, 0.29) is 5.91 Å². The fourth-order valence-corrected chi connectivity index (χ4v) is 3.39. The maximum Gasteiger partial charge on any atom is 0.240 e. The second-order valence-electron chi connectivity index (χ2n) is 7.86. The van der Waals surface area contributed by atoms with Crippen molar-refractivity contribution in [2.24, 2.45) is 5.10 Å². The van der Waals surface area contributed by atoms with E-state index in [1.165, 1.54) is 44.9 Å². The Balaban J connectivity index is 1.60. The average Bonchev–Trinajstić information content (AvgIpc) is 2.78. The molecule has 2 aromatic carbocycles.